The van der Waals surface area contributed by atoms with E-state index >= 15 is 0 Å². The maximum Gasteiger partial charge on any atom is 0.472 e. The van der Waals surface area contributed by atoms with Gasteiger partial charge in [-0.2, -0.15) is 0 Å². The van der Waals surface area contributed by atoms with Crippen molar-refractivity contribution in [1.29, 1.82) is 0 Å². The van der Waals surface area contributed by atoms with Crippen LogP contribution < -0.4 is 0 Å². The van der Waals surface area contributed by atoms with Gasteiger partial charge in [-0.1, -0.05) is 389 Å². The first kappa shape index (κ1) is 115. The van der Waals surface area contributed by atoms with Gasteiger partial charge in [-0.25, -0.2) is 9.13 Å². The number of carbonyl (C=O) groups excluding carboxylic acids is 3. The van der Waals surface area contributed by atoms with Crippen LogP contribution in [0.15, 0.2) is 194 Å². The van der Waals surface area contributed by atoms with Crippen LogP contribution in [-0.4, -0.2) is 95.9 Å². The maximum absolute atomic E-state index is 13.1. The van der Waals surface area contributed by atoms with Gasteiger partial charge in [0.05, 0.1) is 26.4 Å². The second-order valence-electron chi connectivity index (χ2n) is 31.4. The Hall–Kier alpha value is -5.61. The van der Waals surface area contributed by atoms with E-state index in [1.54, 1.807) is 0 Å². The molecule has 5 atom stereocenters. The molecule has 4 N–H and O–H groups in total. The number of aliphatic hydroxyl groups excluding tert-OH is 2. The van der Waals surface area contributed by atoms with Crippen molar-refractivity contribution in [3.63, 3.8) is 0 Å². The van der Waals surface area contributed by atoms with Crippen LogP contribution in [0, 0.1) is 0 Å². The van der Waals surface area contributed by atoms with Gasteiger partial charge in [-0.05, 0) is 167 Å². The summed E-state index contributed by atoms with van der Waals surface area (Å²) >= 11 is 0. The highest BCUT2D eigenvalue weighted by Crippen LogP contribution is 2.45. The predicted octanol–water partition coefficient (Wildman–Crippen LogP) is 29.8. The monoisotopic (exact) mass is 1730 g/mol. The molecule has 5 unspecified atom stereocenters. The number of aliphatic hydroxyl groups is 2. The summed E-state index contributed by atoms with van der Waals surface area (Å²) in [6.45, 7) is 2.44. The number of unbranched alkanes of at least 4 members (excludes halogenated alkanes) is 34. The van der Waals surface area contributed by atoms with Crippen LogP contribution in [-0.2, 0) is 55.8 Å². The first-order valence-corrected chi connectivity index (χ1v) is 50.7. The zero-order valence-corrected chi connectivity index (χ0v) is 77.9. The number of phosphoric acid groups is 2. The minimum absolute atomic E-state index is 0.0845. The average molecular weight is 1730 g/mol. The molecule has 0 amide bonds. The van der Waals surface area contributed by atoms with Crippen LogP contribution >= 0.6 is 15.6 Å². The Morgan fingerprint density at radius 2 is 0.438 bits per heavy atom. The van der Waals surface area contributed by atoms with Gasteiger partial charge in [0, 0.05) is 19.3 Å². The van der Waals surface area contributed by atoms with Crippen molar-refractivity contribution >= 4 is 33.6 Å². The minimum Gasteiger partial charge on any atom is -0.463 e. The summed E-state index contributed by atoms with van der Waals surface area (Å²) in [4.78, 5) is 59.1. The summed E-state index contributed by atoms with van der Waals surface area (Å²) in [5.41, 5.74) is 0. The number of carbonyl (C=O) groups is 3. The smallest absolute Gasteiger partial charge is 0.463 e. The number of ether oxygens (including phenoxy) is 3. The third kappa shape index (κ3) is 94.9. The van der Waals surface area contributed by atoms with Gasteiger partial charge in [-0.15, -0.1) is 0 Å². The summed E-state index contributed by atoms with van der Waals surface area (Å²) in [5, 5.41) is 20.8. The Morgan fingerprint density at radius 3 is 0.694 bits per heavy atom. The molecule has 0 saturated carbocycles. The zero-order valence-electron chi connectivity index (χ0n) is 76.1. The first-order chi connectivity index (χ1) is 59.2. The second kappa shape index (κ2) is 93.5. The molecule has 0 aromatic carbocycles. The van der Waals surface area contributed by atoms with Crippen molar-refractivity contribution in [3.8, 4) is 0 Å². The molecule has 0 radical (unpaired) electrons. The highest BCUT2D eigenvalue weighted by atomic mass is 31.2. The van der Waals surface area contributed by atoms with Gasteiger partial charge in [0.15, 0.2) is 6.10 Å². The third-order valence-electron chi connectivity index (χ3n) is 19.8. The van der Waals surface area contributed by atoms with E-state index in [0.29, 0.717) is 19.3 Å². The lowest BCUT2D eigenvalue weighted by atomic mass is 10.0. The summed E-state index contributed by atoms with van der Waals surface area (Å²) in [6, 6.07) is 0. The quantitative estimate of drug-likeness (QED) is 0.0146. The predicted molar refractivity (Wildman–Crippen MR) is 509 cm³/mol. The van der Waals surface area contributed by atoms with Crippen molar-refractivity contribution in [3.05, 3.63) is 194 Å². The molecular formula is C103H172O16P2. The fraction of sp³-hybridized carbons (Fsp3) is 0.660. The van der Waals surface area contributed by atoms with Crippen LogP contribution in [0.4, 0.5) is 0 Å². The fourth-order valence-electron chi connectivity index (χ4n) is 12.6. The lowest BCUT2D eigenvalue weighted by Crippen LogP contribution is -2.30. The lowest BCUT2D eigenvalue weighted by Gasteiger charge is -2.21. The Balaban J connectivity index is 4.59. The van der Waals surface area contributed by atoms with E-state index in [1.807, 2.05) is 0 Å². The molecule has 0 spiro atoms. The Bertz CT molecular complexity index is 2980. The maximum atomic E-state index is 13.1. The molecule has 121 heavy (non-hydrogen) atoms. The van der Waals surface area contributed by atoms with E-state index in [2.05, 4.69) is 215 Å². The van der Waals surface area contributed by atoms with Crippen LogP contribution in [0.5, 0.6) is 0 Å². The lowest BCUT2D eigenvalue weighted by molar-refractivity contribution is -0.161. The molecule has 0 bridgehead atoms. The van der Waals surface area contributed by atoms with E-state index in [1.165, 1.54) is 116 Å². The van der Waals surface area contributed by atoms with Crippen molar-refractivity contribution in [2.24, 2.45) is 0 Å². The largest absolute Gasteiger partial charge is 0.472 e. The molecule has 18 heteroatoms. The summed E-state index contributed by atoms with van der Waals surface area (Å²) in [5.74, 6) is -1.59. The normalized spacial score (nSPS) is 14.6. The highest BCUT2D eigenvalue weighted by Gasteiger charge is 2.30. The van der Waals surface area contributed by atoms with E-state index < -0.39 is 91.5 Å². The Kier molecular flexibility index (Phi) is 89.2. The number of esters is 3. The van der Waals surface area contributed by atoms with Gasteiger partial charge >= 0.3 is 33.6 Å². The van der Waals surface area contributed by atoms with Gasteiger partial charge in [0.2, 0.25) is 0 Å². The van der Waals surface area contributed by atoms with E-state index in [9.17, 15) is 43.5 Å². The summed E-state index contributed by atoms with van der Waals surface area (Å²) in [6.07, 6.45) is 125. The van der Waals surface area contributed by atoms with Gasteiger partial charge in [0.25, 0.3) is 0 Å². The van der Waals surface area contributed by atoms with Crippen molar-refractivity contribution in [2.75, 3.05) is 39.6 Å². The van der Waals surface area contributed by atoms with Gasteiger partial charge in [-0.3, -0.25) is 32.5 Å². The van der Waals surface area contributed by atoms with E-state index in [-0.39, 0.29) is 19.3 Å². The second-order valence-corrected chi connectivity index (χ2v) is 34.3. The molecule has 0 aliphatic carbocycles. The number of phosphoric ester groups is 2. The molecule has 0 aromatic heterocycles. The van der Waals surface area contributed by atoms with Crippen LogP contribution in [0.2, 0.25) is 0 Å². The van der Waals surface area contributed by atoms with Crippen molar-refractivity contribution < 1.29 is 75.8 Å². The minimum atomic E-state index is -4.95. The molecule has 0 heterocycles. The SMILES string of the molecule is CC/C=C\C/C=C\C/C=C\C/C=C\C/C=C\C/C=C\CCCCCCCCCCCCCCCCCCC(=O)OCC(O)COP(=O)(O)OCC(O)COP(=O)(O)OCC(COC(=O)CCCCCCCCCC/C=C\C/C=C\C/C=C\C/C=C\C/C=C\C/C=C\CC)OC(=O)CCCCCCCCC/C=C\C/C=C\C/C=C\C/C=C\CCCCC. The third-order valence-corrected chi connectivity index (χ3v) is 21.7. The first-order valence-electron chi connectivity index (χ1n) is 47.7. The highest BCUT2D eigenvalue weighted by molar-refractivity contribution is 7.47. The molecule has 0 saturated heterocycles. The molecule has 690 valence electrons. The number of hydrogen-bond donors (Lipinski definition) is 4. The molecule has 0 rings (SSSR count). The zero-order chi connectivity index (χ0) is 87.9. The Labute approximate surface area is 737 Å². The van der Waals surface area contributed by atoms with Gasteiger partial charge < -0.3 is 34.2 Å². The number of rotatable bonds is 89. The van der Waals surface area contributed by atoms with Crippen LogP contribution in [0.25, 0.3) is 0 Å². The molecule has 0 fully saturated rings. The summed E-state index contributed by atoms with van der Waals surface area (Å²) in [7, 11) is -9.83. The Morgan fingerprint density at radius 1 is 0.240 bits per heavy atom. The van der Waals surface area contributed by atoms with Crippen molar-refractivity contribution in [1.82, 2.24) is 0 Å². The van der Waals surface area contributed by atoms with Crippen molar-refractivity contribution in [2.45, 2.75) is 399 Å². The van der Waals surface area contributed by atoms with Gasteiger partial charge in [0.1, 0.15) is 25.4 Å². The van der Waals surface area contributed by atoms with Crippen LogP contribution in [0.3, 0.4) is 0 Å². The van der Waals surface area contributed by atoms with Crippen LogP contribution in [0.1, 0.15) is 380 Å². The van der Waals surface area contributed by atoms with E-state index in [4.69, 9.17) is 32.3 Å². The molecular weight excluding hydrogens is 1560 g/mol. The summed E-state index contributed by atoms with van der Waals surface area (Å²) < 4.78 is 61.5. The topological polar surface area (TPSA) is 231 Å². The standard InChI is InChI=1S/C103H172O16P2/c1-4-7-10-13-16-19-22-25-28-31-34-37-40-42-44-45-46-47-48-49-50-51-53-55-57-59-62-65-68-71-74-77-80-83-86-89-101(106)113-92-98(104)93-115-120(109,110)116-94-99(105)95-117-121(111,112)118-97-100(119-103(108)91-88-85-82-79-76-73-70-67-64-61-56-39-36-33-30-27-24-21-18-15-12-9-6-3)96-114-102(107)90-87-84-81-78-75-72-69-66-63-60-58-54-52-43-41-38-35-32-29-26-23-20-17-14-11-8-5-2/h7-8,10-11,16-21,25-30,34-39,42-44,46-47,52,58,60-61,64,98-100,104-105H,4-6,9,12-15,22-24,31-33,40-41,45,48-51,53-57,59,62-63,65-97H2,1-3H3,(H,109,110)(H,111,112)/b10-7-,11-8-,19-16-,20-17-,21-18-,28-25-,29-26-,30-27-,37-34-,38-35-,39-36-,44-42-,47-46-,52-43-,60-58-,64-61-. The van der Waals surface area contributed by atoms with E-state index in [0.717, 1.165) is 205 Å². The molecule has 0 aliphatic rings. The number of allylic oxidation sites excluding steroid dienone is 32. The average Bonchev–Trinajstić information content (AvgIpc) is 0.870. The molecule has 0 aromatic rings. The number of hydrogen-bond acceptors (Lipinski definition) is 14. The molecule has 16 nitrogen and oxygen atoms in total. The fourth-order valence-corrected chi connectivity index (χ4v) is 14.2. The molecule has 0 aliphatic heterocycles.